The van der Waals surface area contributed by atoms with Crippen molar-refractivity contribution in [1.29, 1.82) is 0 Å². The first kappa shape index (κ1) is 12.3. The third kappa shape index (κ3) is 3.16. The van der Waals surface area contributed by atoms with Crippen molar-refractivity contribution >= 4 is 10.0 Å². The molecule has 16 heavy (non-hydrogen) atoms. The summed E-state index contributed by atoms with van der Waals surface area (Å²) in [5, 5.41) is -0.396. The van der Waals surface area contributed by atoms with Gasteiger partial charge in [0.2, 0.25) is 10.0 Å². The highest BCUT2D eigenvalue weighted by molar-refractivity contribution is 7.90. The number of hydrogen-bond acceptors (Lipinski definition) is 4. The molecule has 0 aromatic rings. The molecule has 6 heteroatoms. The molecule has 1 heterocycles. The first-order chi connectivity index (χ1) is 7.59. The summed E-state index contributed by atoms with van der Waals surface area (Å²) < 4.78 is 31.6. The maximum Gasteiger partial charge on any atom is 0.216 e. The lowest BCUT2D eigenvalue weighted by Crippen LogP contribution is -2.44. The Labute approximate surface area is 96.8 Å². The van der Waals surface area contributed by atoms with Crippen LogP contribution in [0.1, 0.15) is 25.7 Å². The van der Waals surface area contributed by atoms with Gasteiger partial charge in [0, 0.05) is 19.2 Å². The zero-order chi connectivity index (χ0) is 11.6. The summed E-state index contributed by atoms with van der Waals surface area (Å²) in [5.41, 5.74) is 5.86. The van der Waals surface area contributed by atoms with Gasteiger partial charge in [-0.2, -0.15) is 0 Å². The van der Waals surface area contributed by atoms with E-state index in [1.165, 1.54) is 0 Å². The molecule has 2 rings (SSSR count). The van der Waals surface area contributed by atoms with Gasteiger partial charge in [0.15, 0.2) is 0 Å². The van der Waals surface area contributed by atoms with Gasteiger partial charge in [-0.1, -0.05) is 0 Å². The molecule has 2 atom stereocenters. The molecular weight excluding hydrogens is 228 g/mol. The van der Waals surface area contributed by atoms with E-state index in [-0.39, 0.29) is 6.04 Å². The summed E-state index contributed by atoms with van der Waals surface area (Å²) in [6.45, 7) is 1.35. The fraction of sp³-hybridized carbons (Fsp3) is 1.00. The normalized spacial score (nSPS) is 28.9. The second kappa shape index (κ2) is 5.00. The molecule has 94 valence electrons. The minimum Gasteiger partial charge on any atom is -0.380 e. The van der Waals surface area contributed by atoms with Crippen molar-refractivity contribution in [2.45, 2.75) is 37.0 Å². The first-order valence-electron chi connectivity index (χ1n) is 5.91. The number of sulfonamides is 1. The van der Waals surface area contributed by atoms with E-state index in [4.69, 9.17) is 10.5 Å². The number of rotatable bonds is 5. The van der Waals surface area contributed by atoms with Crippen LogP contribution in [-0.2, 0) is 14.8 Å². The van der Waals surface area contributed by atoms with Crippen molar-refractivity contribution in [2.75, 3.05) is 19.8 Å². The van der Waals surface area contributed by atoms with E-state index in [0.717, 1.165) is 19.3 Å². The van der Waals surface area contributed by atoms with Crippen molar-refractivity contribution in [3.05, 3.63) is 0 Å². The molecule has 1 aliphatic heterocycles. The second-order valence-electron chi connectivity index (χ2n) is 4.73. The van der Waals surface area contributed by atoms with Gasteiger partial charge in [0.25, 0.3) is 0 Å². The molecule has 1 saturated heterocycles. The number of nitrogens with two attached hydrogens (primary N) is 1. The number of nitrogens with one attached hydrogen (secondary N) is 1. The van der Waals surface area contributed by atoms with Gasteiger partial charge < -0.3 is 10.5 Å². The molecule has 2 unspecified atom stereocenters. The highest BCUT2D eigenvalue weighted by Crippen LogP contribution is 2.31. The van der Waals surface area contributed by atoms with Crippen LogP contribution in [0, 0.1) is 5.92 Å². The zero-order valence-electron chi connectivity index (χ0n) is 9.39. The molecule has 0 spiro atoms. The highest BCUT2D eigenvalue weighted by atomic mass is 32.2. The maximum atomic E-state index is 11.9. The SMILES string of the molecule is NC(CNS(=O)(=O)C1CCCOC1)C1CC1. The summed E-state index contributed by atoms with van der Waals surface area (Å²) in [6, 6.07) is -0.0284. The van der Waals surface area contributed by atoms with Crippen LogP contribution in [0.3, 0.4) is 0 Å². The largest absolute Gasteiger partial charge is 0.380 e. The van der Waals surface area contributed by atoms with Crippen molar-refractivity contribution in [3.8, 4) is 0 Å². The van der Waals surface area contributed by atoms with Crippen LogP contribution in [-0.4, -0.2) is 39.5 Å². The van der Waals surface area contributed by atoms with E-state index in [0.29, 0.717) is 32.1 Å². The second-order valence-corrected chi connectivity index (χ2v) is 6.78. The minimum atomic E-state index is -3.24. The summed E-state index contributed by atoms with van der Waals surface area (Å²) in [7, 11) is -3.24. The van der Waals surface area contributed by atoms with E-state index in [9.17, 15) is 8.42 Å². The van der Waals surface area contributed by atoms with Crippen LogP contribution >= 0.6 is 0 Å². The Balaban J connectivity index is 1.81. The predicted octanol–water partition coefficient (Wildman–Crippen LogP) is -0.178. The lowest BCUT2D eigenvalue weighted by atomic mass is 10.2. The summed E-state index contributed by atoms with van der Waals surface area (Å²) in [5.74, 6) is 0.519. The smallest absolute Gasteiger partial charge is 0.216 e. The molecule has 1 saturated carbocycles. The molecule has 2 aliphatic rings. The first-order valence-corrected chi connectivity index (χ1v) is 7.46. The topological polar surface area (TPSA) is 81.4 Å². The monoisotopic (exact) mass is 248 g/mol. The van der Waals surface area contributed by atoms with Gasteiger partial charge in [0.1, 0.15) is 0 Å². The molecule has 0 radical (unpaired) electrons. The Morgan fingerprint density at radius 2 is 2.12 bits per heavy atom. The standard InChI is InChI=1S/C10H20N2O3S/c11-10(8-3-4-8)6-12-16(13,14)9-2-1-5-15-7-9/h8-10,12H,1-7,11H2. The Hall–Kier alpha value is -0.170. The lowest BCUT2D eigenvalue weighted by molar-refractivity contribution is 0.0988. The molecule has 5 nitrogen and oxygen atoms in total. The van der Waals surface area contributed by atoms with E-state index in [1.54, 1.807) is 0 Å². The van der Waals surface area contributed by atoms with Crippen LogP contribution in [0.5, 0.6) is 0 Å². The lowest BCUT2D eigenvalue weighted by Gasteiger charge is -2.23. The number of hydrogen-bond donors (Lipinski definition) is 2. The molecule has 0 aromatic heterocycles. The van der Waals surface area contributed by atoms with Crippen molar-refractivity contribution in [1.82, 2.24) is 4.72 Å². The van der Waals surface area contributed by atoms with Crippen LogP contribution < -0.4 is 10.5 Å². The van der Waals surface area contributed by atoms with E-state index < -0.39 is 15.3 Å². The molecular formula is C10H20N2O3S. The van der Waals surface area contributed by atoms with Crippen LogP contribution in [0.15, 0.2) is 0 Å². The molecule has 1 aliphatic carbocycles. The molecule has 0 bridgehead atoms. The Morgan fingerprint density at radius 3 is 2.69 bits per heavy atom. The van der Waals surface area contributed by atoms with Crippen molar-refractivity contribution in [3.63, 3.8) is 0 Å². The highest BCUT2D eigenvalue weighted by Gasteiger charge is 2.32. The zero-order valence-corrected chi connectivity index (χ0v) is 10.2. The van der Waals surface area contributed by atoms with Crippen LogP contribution in [0.4, 0.5) is 0 Å². The van der Waals surface area contributed by atoms with Gasteiger partial charge in [-0.15, -0.1) is 0 Å². The van der Waals surface area contributed by atoms with Crippen LogP contribution in [0.25, 0.3) is 0 Å². The summed E-state index contributed by atoms with van der Waals surface area (Å²) >= 11 is 0. The van der Waals surface area contributed by atoms with Gasteiger partial charge in [0.05, 0.1) is 11.9 Å². The Morgan fingerprint density at radius 1 is 1.38 bits per heavy atom. The third-order valence-electron chi connectivity index (χ3n) is 3.31. The molecule has 3 N–H and O–H groups in total. The van der Waals surface area contributed by atoms with Gasteiger partial charge >= 0.3 is 0 Å². The Kier molecular flexibility index (Phi) is 3.84. The molecule has 0 aromatic carbocycles. The average molecular weight is 248 g/mol. The molecule has 0 amide bonds. The maximum absolute atomic E-state index is 11.9. The predicted molar refractivity (Wildman–Crippen MR) is 61.5 cm³/mol. The fourth-order valence-electron chi connectivity index (χ4n) is 1.98. The fourth-order valence-corrected chi connectivity index (χ4v) is 3.39. The van der Waals surface area contributed by atoms with Gasteiger partial charge in [-0.3, -0.25) is 0 Å². The van der Waals surface area contributed by atoms with Gasteiger partial charge in [-0.05, 0) is 31.6 Å². The van der Waals surface area contributed by atoms with Crippen molar-refractivity contribution in [2.24, 2.45) is 11.7 Å². The van der Waals surface area contributed by atoms with Gasteiger partial charge in [-0.25, -0.2) is 13.1 Å². The van der Waals surface area contributed by atoms with Crippen LogP contribution in [0.2, 0.25) is 0 Å². The summed E-state index contributed by atoms with van der Waals surface area (Å²) in [4.78, 5) is 0. The minimum absolute atomic E-state index is 0.0284. The average Bonchev–Trinajstić information content (AvgIpc) is 3.11. The molecule has 2 fully saturated rings. The summed E-state index contributed by atoms with van der Waals surface area (Å²) in [6.07, 6.45) is 3.78. The number of ether oxygens (including phenoxy) is 1. The van der Waals surface area contributed by atoms with E-state index in [1.807, 2.05) is 0 Å². The van der Waals surface area contributed by atoms with E-state index in [2.05, 4.69) is 4.72 Å². The third-order valence-corrected chi connectivity index (χ3v) is 5.12. The van der Waals surface area contributed by atoms with E-state index >= 15 is 0 Å². The Bertz CT molecular complexity index is 321. The van der Waals surface area contributed by atoms with Crippen molar-refractivity contribution < 1.29 is 13.2 Å². The quantitative estimate of drug-likeness (QED) is 0.707.